The van der Waals surface area contributed by atoms with E-state index in [1.165, 1.54) is 44.9 Å². The number of amides is 1. The fourth-order valence-corrected chi connectivity index (χ4v) is 6.78. The smallest absolute Gasteiger partial charge is 0.296 e. The lowest BCUT2D eigenvalue weighted by Gasteiger charge is -2.20. The summed E-state index contributed by atoms with van der Waals surface area (Å²) in [5.74, 6) is -0.965. The fourth-order valence-electron chi connectivity index (χ4n) is 4.07. The van der Waals surface area contributed by atoms with E-state index >= 15 is 0 Å². The van der Waals surface area contributed by atoms with E-state index in [0.717, 1.165) is 16.1 Å². The molecule has 0 saturated carbocycles. The molecule has 7 nitrogen and oxygen atoms in total. The number of anilines is 1. The van der Waals surface area contributed by atoms with Gasteiger partial charge in [0.1, 0.15) is 0 Å². The summed E-state index contributed by atoms with van der Waals surface area (Å²) in [5, 5.41) is 20.5. The first kappa shape index (κ1) is 26.0. The van der Waals surface area contributed by atoms with Gasteiger partial charge >= 0.3 is 0 Å². The molecule has 192 valence electrons. The summed E-state index contributed by atoms with van der Waals surface area (Å²) in [6.07, 6.45) is 3.57. The van der Waals surface area contributed by atoms with Crippen LogP contribution in [0, 0.1) is 20.8 Å². The molecule has 4 aromatic rings. The van der Waals surface area contributed by atoms with Crippen molar-refractivity contribution < 1.29 is 14.7 Å². The molecule has 1 amide bonds. The number of nitrogens with zero attached hydrogens (tertiary/aromatic N) is 4. The van der Waals surface area contributed by atoms with Crippen molar-refractivity contribution >= 4 is 57.3 Å². The number of aliphatic hydroxyl groups is 1. The van der Waals surface area contributed by atoms with Gasteiger partial charge in [-0.05, 0) is 31.9 Å². The van der Waals surface area contributed by atoms with Crippen LogP contribution in [0.4, 0.5) is 5.13 Å². The molecule has 1 atom stereocenters. The van der Waals surface area contributed by atoms with Crippen LogP contribution in [0.15, 0.2) is 76.3 Å². The zero-order valence-corrected chi connectivity index (χ0v) is 23.4. The van der Waals surface area contributed by atoms with Crippen molar-refractivity contribution in [2.75, 3.05) is 4.90 Å². The molecule has 0 radical (unpaired) electrons. The van der Waals surface area contributed by atoms with Crippen molar-refractivity contribution in [1.82, 2.24) is 15.2 Å². The second-order valence-corrected chi connectivity index (χ2v) is 12.1. The minimum atomic E-state index is -0.847. The van der Waals surface area contributed by atoms with Crippen LogP contribution in [-0.4, -0.2) is 38.0 Å². The van der Waals surface area contributed by atoms with Gasteiger partial charge in [0.25, 0.3) is 5.91 Å². The number of hydrogen-bond acceptors (Lipinski definition) is 9. The molecular formula is C28H24N4O3S3. The highest BCUT2D eigenvalue weighted by Crippen LogP contribution is 2.38. The monoisotopic (exact) mass is 560 g/mol. The summed E-state index contributed by atoms with van der Waals surface area (Å²) >= 11 is 4.02. The Morgan fingerprint density at radius 1 is 1.05 bits per heavy atom. The lowest BCUT2D eigenvalue weighted by Crippen LogP contribution is -2.35. The van der Waals surface area contributed by atoms with Crippen LogP contribution in [0.25, 0.3) is 6.08 Å². The number of hydrogen-bond donors (Lipinski definition) is 1. The Bertz CT molecular complexity index is 1560. The normalized spacial score (nSPS) is 15.7. The summed E-state index contributed by atoms with van der Waals surface area (Å²) in [7, 11) is 0. The molecule has 10 heteroatoms. The van der Waals surface area contributed by atoms with E-state index < -0.39 is 23.5 Å². The molecule has 1 N–H and O–H groups in total. The third-order valence-corrected chi connectivity index (χ3v) is 9.16. The maximum atomic E-state index is 13.6. The van der Waals surface area contributed by atoms with Crippen LogP contribution in [-0.2, 0) is 10.5 Å². The first-order valence-corrected chi connectivity index (χ1v) is 14.4. The maximum Gasteiger partial charge on any atom is 0.296 e. The van der Waals surface area contributed by atoms with E-state index in [9.17, 15) is 14.7 Å². The molecule has 2 aromatic heterocycles. The van der Waals surface area contributed by atoms with Crippen molar-refractivity contribution in [3.05, 3.63) is 104 Å². The molecule has 0 bridgehead atoms. The first-order valence-electron chi connectivity index (χ1n) is 11.8. The fraction of sp³-hybridized carbons (Fsp3) is 0.179. The minimum absolute atomic E-state index is 0.0120. The molecule has 0 saturated heterocycles. The molecule has 1 unspecified atom stereocenters. The van der Waals surface area contributed by atoms with Crippen molar-refractivity contribution in [2.45, 2.75) is 36.9 Å². The molecule has 3 heterocycles. The number of thioether (sulfide) groups is 1. The standard InChI is InChI=1S/C28H24N4O3S3/c1-16-9-11-20(12-10-16)15-36-28-31-30-27(38-28)32-21(14-13-19-7-5-4-6-8-19)22(24(34)26(32)35)23(33)25-17(2)29-18(3)37-25/h4-14,21,34H,15H2,1-3H3/b14-13+. The second kappa shape index (κ2) is 11.0. The number of rotatable bonds is 8. The van der Waals surface area contributed by atoms with Crippen molar-refractivity contribution in [2.24, 2.45) is 0 Å². The average molecular weight is 561 g/mol. The van der Waals surface area contributed by atoms with Gasteiger partial charge in [-0.25, -0.2) is 4.98 Å². The Balaban J connectivity index is 1.47. The molecule has 38 heavy (non-hydrogen) atoms. The van der Waals surface area contributed by atoms with Crippen LogP contribution in [0.5, 0.6) is 0 Å². The van der Waals surface area contributed by atoms with Gasteiger partial charge in [0.05, 0.1) is 27.2 Å². The number of aryl methyl sites for hydroxylation is 3. The summed E-state index contributed by atoms with van der Waals surface area (Å²) in [5.41, 5.74) is 3.83. The van der Waals surface area contributed by atoms with Crippen LogP contribution >= 0.6 is 34.4 Å². The summed E-state index contributed by atoms with van der Waals surface area (Å²) < 4.78 is 0.687. The van der Waals surface area contributed by atoms with Crippen molar-refractivity contribution in [3.8, 4) is 0 Å². The van der Waals surface area contributed by atoms with Crippen LogP contribution < -0.4 is 4.90 Å². The highest BCUT2D eigenvalue weighted by atomic mass is 32.2. The van der Waals surface area contributed by atoms with Gasteiger partial charge in [-0.15, -0.1) is 21.5 Å². The van der Waals surface area contributed by atoms with E-state index in [1.807, 2.05) is 50.3 Å². The average Bonchev–Trinajstić information content (AvgIpc) is 3.58. The zero-order valence-electron chi connectivity index (χ0n) is 20.9. The van der Waals surface area contributed by atoms with E-state index in [4.69, 9.17) is 0 Å². The number of Topliss-reactive ketones (excluding diaryl/α,β-unsaturated/α-hetero) is 1. The number of aromatic nitrogens is 3. The van der Waals surface area contributed by atoms with Crippen LogP contribution in [0.2, 0.25) is 0 Å². The number of carbonyl (C=O) groups is 2. The van der Waals surface area contributed by atoms with E-state index in [2.05, 4.69) is 39.4 Å². The number of thiazole rings is 1. The largest absolute Gasteiger partial charge is 0.503 e. The summed E-state index contributed by atoms with van der Waals surface area (Å²) in [6.45, 7) is 5.61. The molecule has 1 aliphatic rings. The van der Waals surface area contributed by atoms with Gasteiger partial charge in [-0.2, -0.15) is 0 Å². The molecule has 0 spiro atoms. The lowest BCUT2D eigenvalue weighted by molar-refractivity contribution is -0.116. The van der Waals surface area contributed by atoms with E-state index in [1.54, 1.807) is 13.0 Å². The third-order valence-electron chi connectivity index (χ3n) is 5.96. The summed E-state index contributed by atoms with van der Waals surface area (Å²) in [6, 6.07) is 17.0. The van der Waals surface area contributed by atoms with Gasteiger partial charge in [-0.3, -0.25) is 14.5 Å². The Kier molecular flexibility index (Phi) is 7.55. The molecule has 2 aromatic carbocycles. The first-order chi connectivity index (χ1) is 18.3. The van der Waals surface area contributed by atoms with Crippen LogP contribution in [0.1, 0.15) is 37.1 Å². The highest BCUT2D eigenvalue weighted by molar-refractivity contribution is 8.00. The van der Waals surface area contributed by atoms with E-state index in [0.29, 0.717) is 25.8 Å². The van der Waals surface area contributed by atoms with Crippen LogP contribution in [0.3, 0.4) is 0 Å². The van der Waals surface area contributed by atoms with Gasteiger partial charge in [-0.1, -0.05) is 95.4 Å². The zero-order chi connectivity index (χ0) is 26.8. The molecule has 0 fully saturated rings. The molecular weight excluding hydrogens is 537 g/mol. The molecule has 1 aliphatic heterocycles. The predicted octanol–water partition coefficient (Wildman–Crippen LogP) is 6.34. The molecule has 5 rings (SSSR count). The number of aliphatic hydroxyl groups excluding tert-OH is 1. The van der Waals surface area contributed by atoms with Gasteiger partial charge in [0, 0.05) is 5.75 Å². The van der Waals surface area contributed by atoms with Crippen molar-refractivity contribution in [1.29, 1.82) is 0 Å². The van der Waals surface area contributed by atoms with Gasteiger partial charge in [0.2, 0.25) is 10.9 Å². The molecule has 0 aliphatic carbocycles. The topological polar surface area (TPSA) is 96.3 Å². The minimum Gasteiger partial charge on any atom is -0.503 e. The van der Waals surface area contributed by atoms with Gasteiger partial charge in [0.15, 0.2) is 10.1 Å². The van der Waals surface area contributed by atoms with Gasteiger partial charge < -0.3 is 5.11 Å². The Hall–Kier alpha value is -3.60. The Morgan fingerprint density at radius 2 is 1.79 bits per heavy atom. The van der Waals surface area contributed by atoms with E-state index in [-0.39, 0.29) is 5.57 Å². The third kappa shape index (κ3) is 5.33. The Morgan fingerprint density at radius 3 is 2.47 bits per heavy atom. The predicted molar refractivity (Wildman–Crippen MR) is 153 cm³/mol. The quantitative estimate of drug-likeness (QED) is 0.153. The van der Waals surface area contributed by atoms with Crippen molar-refractivity contribution in [3.63, 3.8) is 0 Å². The maximum absolute atomic E-state index is 13.6. The lowest BCUT2D eigenvalue weighted by atomic mass is 10.0. The SMILES string of the molecule is Cc1ccc(CSc2nnc(N3C(=O)C(O)=C(C(=O)c4sc(C)nc4C)C3/C=C/c3ccccc3)s2)cc1. The number of ketones is 1. The second-order valence-electron chi connectivity index (χ2n) is 8.75. The number of carbonyl (C=O) groups excluding carboxylic acids is 2. The summed E-state index contributed by atoms with van der Waals surface area (Å²) in [4.78, 5) is 33.1. The highest BCUT2D eigenvalue weighted by Gasteiger charge is 2.44. The number of benzene rings is 2. The Labute approximate surface area is 232 Å².